The molecule has 2 N–H and O–H groups in total. The Morgan fingerprint density at radius 1 is 1.06 bits per heavy atom. The number of hydrogen-bond acceptors (Lipinski definition) is 5. The van der Waals surface area contributed by atoms with Crippen LogP contribution < -0.4 is 0 Å². The lowest BCUT2D eigenvalue weighted by Gasteiger charge is -2.25. The molecule has 3 aromatic rings. The van der Waals surface area contributed by atoms with Crippen molar-refractivity contribution in [3.63, 3.8) is 0 Å². The van der Waals surface area contributed by atoms with Gasteiger partial charge in [0.2, 0.25) is 0 Å². The van der Waals surface area contributed by atoms with Crippen molar-refractivity contribution in [1.82, 2.24) is 9.88 Å². The third-order valence-electron chi connectivity index (χ3n) is 5.75. The largest absolute Gasteiger partial charge is 0.494 e. The van der Waals surface area contributed by atoms with Gasteiger partial charge in [0.05, 0.1) is 11.3 Å². The third kappa shape index (κ3) is 4.20. The number of hydrogen-bond donors (Lipinski definition) is 2. The first-order chi connectivity index (χ1) is 15.1. The van der Waals surface area contributed by atoms with E-state index >= 15 is 0 Å². The lowest BCUT2D eigenvalue weighted by Crippen LogP contribution is -2.32. The molecule has 32 heavy (non-hydrogen) atoms. The average molecular weight is 461 g/mol. The minimum absolute atomic E-state index is 0. The van der Waals surface area contributed by atoms with Crippen molar-refractivity contribution >= 4 is 40.4 Å². The highest BCUT2D eigenvalue weighted by Gasteiger charge is 2.30. The van der Waals surface area contributed by atoms with Gasteiger partial charge >= 0.3 is 0 Å². The summed E-state index contributed by atoms with van der Waals surface area (Å²) in [5, 5.41) is 15.3. The lowest BCUT2D eigenvalue weighted by molar-refractivity contribution is 0.103. The Bertz CT molecular complexity index is 1200. The lowest BCUT2D eigenvalue weighted by atomic mass is 10.0. The van der Waals surface area contributed by atoms with Crippen molar-refractivity contribution in [2.75, 3.05) is 26.2 Å². The summed E-state index contributed by atoms with van der Waals surface area (Å²) in [6, 6.07) is 8.37. The molecule has 2 aliphatic rings. The zero-order valence-electron chi connectivity index (χ0n) is 17.3. The molecule has 3 heterocycles. The van der Waals surface area contributed by atoms with Crippen molar-refractivity contribution in [3.8, 4) is 5.88 Å². The van der Waals surface area contributed by atoms with E-state index in [2.05, 4.69) is 20.0 Å². The summed E-state index contributed by atoms with van der Waals surface area (Å²) in [6.07, 6.45) is 3.64. The van der Waals surface area contributed by atoms with Crippen LogP contribution in [0, 0.1) is 11.6 Å². The number of aromatic hydroxyl groups is 1. The van der Waals surface area contributed by atoms with E-state index in [-0.39, 0.29) is 18.3 Å². The van der Waals surface area contributed by atoms with Gasteiger partial charge in [-0.25, -0.2) is 13.8 Å². The molecule has 6 nitrogen and oxygen atoms in total. The van der Waals surface area contributed by atoms with Crippen molar-refractivity contribution < 1.29 is 18.7 Å². The number of aliphatic imine (C=N–C) groups is 1. The van der Waals surface area contributed by atoms with Crippen LogP contribution in [0.1, 0.15) is 30.4 Å². The van der Waals surface area contributed by atoms with Gasteiger partial charge in [0.1, 0.15) is 29.7 Å². The highest BCUT2D eigenvalue weighted by atomic mass is 35.5. The van der Waals surface area contributed by atoms with Gasteiger partial charge in [-0.2, -0.15) is 0 Å². The van der Waals surface area contributed by atoms with E-state index in [1.807, 2.05) is 0 Å². The number of H-pyrrole nitrogens is 1. The van der Waals surface area contributed by atoms with E-state index in [0.717, 1.165) is 19.6 Å². The molecule has 1 aromatic heterocycles. The molecule has 0 radical (unpaired) electrons. The summed E-state index contributed by atoms with van der Waals surface area (Å²) in [5.41, 5.74) is 2.48. The number of likely N-dealkylation sites (tertiary alicyclic amines) is 1. The molecule has 0 spiro atoms. The number of fused-ring (bicyclic) bond motifs is 2. The number of halogens is 3. The predicted octanol–water partition coefficient (Wildman–Crippen LogP) is 4.91. The van der Waals surface area contributed by atoms with Gasteiger partial charge in [0.25, 0.3) is 0 Å². The first-order valence-corrected chi connectivity index (χ1v) is 10.4. The van der Waals surface area contributed by atoms with Gasteiger partial charge in [0.15, 0.2) is 5.88 Å². The molecule has 0 bridgehead atoms. The van der Waals surface area contributed by atoms with E-state index < -0.39 is 11.6 Å². The van der Waals surface area contributed by atoms with Gasteiger partial charge < -0.3 is 14.9 Å². The molecule has 5 rings (SSSR count). The number of nitrogens with one attached hydrogen (secondary N) is 1. The summed E-state index contributed by atoms with van der Waals surface area (Å²) in [4.78, 5) is 15.3. The SMILES string of the molecule is Cl.Oc1[nH]c2ccc(F)cc2c1C1=Nc2ccc(F)cc2/C1=N\OCCN1CCCCC1. The van der Waals surface area contributed by atoms with Crippen LogP contribution >= 0.6 is 12.4 Å². The van der Waals surface area contributed by atoms with Crippen LogP contribution in [-0.4, -0.2) is 52.7 Å². The van der Waals surface area contributed by atoms with Gasteiger partial charge in [-0.15, -0.1) is 12.4 Å². The summed E-state index contributed by atoms with van der Waals surface area (Å²) in [7, 11) is 0. The minimum Gasteiger partial charge on any atom is -0.494 e. The van der Waals surface area contributed by atoms with Crippen LogP contribution in [-0.2, 0) is 4.84 Å². The van der Waals surface area contributed by atoms with E-state index in [1.165, 1.54) is 43.5 Å². The zero-order valence-corrected chi connectivity index (χ0v) is 18.1. The molecule has 0 atom stereocenters. The molecule has 2 aliphatic heterocycles. The monoisotopic (exact) mass is 460 g/mol. The maximum Gasteiger partial charge on any atom is 0.199 e. The first-order valence-electron chi connectivity index (χ1n) is 10.4. The van der Waals surface area contributed by atoms with Gasteiger partial charge in [-0.1, -0.05) is 11.6 Å². The molecule has 1 saturated heterocycles. The Morgan fingerprint density at radius 2 is 1.81 bits per heavy atom. The van der Waals surface area contributed by atoms with Crippen molar-refractivity contribution in [1.29, 1.82) is 0 Å². The van der Waals surface area contributed by atoms with Crippen LogP contribution in [0.5, 0.6) is 5.88 Å². The second kappa shape index (κ2) is 9.26. The van der Waals surface area contributed by atoms with Crippen LogP contribution in [0.4, 0.5) is 14.5 Å². The summed E-state index contributed by atoms with van der Waals surface area (Å²) in [5.74, 6) is -1.02. The molecule has 0 saturated carbocycles. The predicted molar refractivity (Wildman–Crippen MR) is 123 cm³/mol. The molecule has 1 fully saturated rings. The van der Waals surface area contributed by atoms with Crippen molar-refractivity contribution in [2.45, 2.75) is 19.3 Å². The Hall–Kier alpha value is -2.97. The van der Waals surface area contributed by atoms with Crippen LogP contribution in [0.25, 0.3) is 10.9 Å². The Balaban J connectivity index is 0.00000245. The minimum atomic E-state index is -0.439. The summed E-state index contributed by atoms with van der Waals surface area (Å²) >= 11 is 0. The number of aromatic amines is 1. The number of rotatable bonds is 5. The second-order valence-electron chi connectivity index (χ2n) is 7.84. The maximum absolute atomic E-state index is 14.0. The number of benzene rings is 2. The smallest absolute Gasteiger partial charge is 0.199 e. The number of aromatic nitrogens is 1. The normalized spacial score (nSPS) is 17.3. The summed E-state index contributed by atoms with van der Waals surface area (Å²) < 4.78 is 27.9. The highest BCUT2D eigenvalue weighted by molar-refractivity contribution is 6.58. The molecule has 9 heteroatoms. The van der Waals surface area contributed by atoms with Crippen molar-refractivity contribution in [2.24, 2.45) is 10.1 Å². The van der Waals surface area contributed by atoms with Gasteiger partial charge in [-0.05, 0) is 62.3 Å². The van der Waals surface area contributed by atoms with Crippen LogP contribution in [0.15, 0.2) is 46.5 Å². The maximum atomic E-state index is 14.0. The van der Waals surface area contributed by atoms with E-state index in [0.29, 0.717) is 45.7 Å². The van der Waals surface area contributed by atoms with Crippen LogP contribution in [0.2, 0.25) is 0 Å². The number of nitrogens with zero attached hydrogens (tertiary/aromatic N) is 3. The van der Waals surface area contributed by atoms with Crippen LogP contribution in [0.3, 0.4) is 0 Å². The standard InChI is InChI=1S/C23H22F2N4O2.ClH/c24-14-4-6-18-16(12-14)20(23(30)27-18)22-21(17-13-15(25)5-7-19(17)26-22)28-31-11-10-29-8-2-1-3-9-29;/h4-7,12-13,27,30H,1-3,8-11H2;1H/b28-21+;. The Morgan fingerprint density at radius 3 is 2.62 bits per heavy atom. The highest BCUT2D eigenvalue weighted by Crippen LogP contribution is 2.36. The van der Waals surface area contributed by atoms with E-state index in [9.17, 15) is 13.9 Å². The number of oxime groups is 1. The average Bonchev–Trinajstić information content (AvgIpc) is 3.27. The molecular weight excluding hydrogens is 438 g/mol. The zero-order chi connectivity index (χ0) is 21.4. The fourth-order valence-corrected chi connectivity index (χ4v) is 4.22. The molecule has 0 aliphatic carbocycles. The fourth-order valence-electron chi connectivity index (χ4n) is 4.22. The Kier molecular flexibility index (Phi) is 6.43. The summed E-state index contributed by atoms with van der Waals surface area (Å²) in [6.45, 7) is 3.24. The van der Waals surface area contributed by atoms with Crippen molar-refractivity contribution in [3.05, 3.63) is 59.2 Å². The number of piperidine rings is 1. The Labute approximate surface area is 190 Å². The van der Waals surface area contributed by atoms with E-state index in [1.54, 1.807) is 12.1 Å². The molecule has 0 amide bonds. The van der Waals surface area contributed by atoms with E-state index in [4.69, 9.17) is 4.84 Å². The molecular formula is C23H23ClF2N4O2. The second-order valence-corrected chi connectivity index (χ2v) is 7.84. The molecule has 168 valence electrons. The third-order valence-corrected chi connectivity index (χ3v) is 5.75. The quantitative estimate of drug-likeness (QED) is 0.419. The topological polar surface area (TPSA) is 73.2 Å². The van der Waals surface area contributed by atoms with Gasteiger partial charge in [0, 0.05) is 23.0 Å². The first kappa shape index (κ1) is 22.2. The van der Waals surface area contributed by atoms with Gasteiger partial charge in [-0.3, -0.25) is 4.90 Å². The molecule has 0 unspecified atom stereocenters. The molecule has 2 aromatic carbocycles. The fraction of sp³-hybridized carbons (Fsp3) is 0.304.